The Bertz CT molecular complexity index is 652. The smallest absolute Gasteiger partial charge is 0.238 e. The molecule has 0 aliphatic heterocycles. The number of ether oxygens (including phenoxy) is 1. The van der Waals surface area contributed by atoms with Gasteiger partial charge in [-0.2, -0.15) is 0 Å². The minimum absolute atomic E-state index is 0. The third-order valence-corrected chi connectivity index (χ3v) is 4.53. The van der Waals surface area contributed by atoms with Crippen molar-refractivity contribution in [1.29, 1.82) is 0 Å². The normalized spacial score (nSPS) is 11.3. The third kappa shape index (κ3) is 5.73. The van der Waals surface area contributed by atoms with E-state index < -0.39 is 0 Å². The van der Waals surface area contributed by atoms with Gasteiger partial charge in [0.25, 0.3) is 0 Å². The first-order chi connectivity index (χ1) is 10.4. The first-order valence-corrected chi connectivity index (χ1v) is 8.12. The first kappa shape index (κ1) is 19.8. The van der Waals surface area contributed by atoms with Crippen LogP contribution < -0.4 is 10.6 Å². The molecule has 1 aromatic carbocycles. The van der Waals surface area contributed by atoms with Crippen LogP contribution in [0.15, 0.2) is 18.2 Å². The Labute approximate surface area is 147 Å². The predicted molar refractivity (Wildman–Crippen MR) is 98.9 cm³/mol. The van der Waals surface area contributed by atoms with Gasteiger partial charge in [0.05, 0.1) is 28.4 Å². The van der Waals surface area contributed by atoms with E-state index in [0.717, 1.165) is 20.9 Å². The number of nitrogens with zero attached hydrogens (tertiary/aromatic N) is 1. The molecule has 0 radical (unpaired) electrons. The number of rotatable bonds is 6. The maximum atomic E-state index is 11.8. The lowest BCUT2D eigenvalue weighted by molar-refractivity contribution is -0.115. The molecule has 1 aromatic heterocycles. The van der Waals surface area contributed by atoms with Crippen LogP contribution in [0.5, 0.6) is 0 Å². The van der Waals surface area contributed by atoms with Crippen molar-refractivity contribution < 1.29 is 9.53 Å². The van der Waals surface area contributed by atoms with Crippen LogP contribution in [-0.2, 0) is 14.9 Å². The predicted octanol–water partition coefficient (Wildman–Crippen LogP) is 3.19. The number of amides is 1. The Kier molecular flexibility index (Phi) is 7.41. The molecular weight excluding hydrogens is 334 g/mol. The Morgan fingerprint density at radius 3 is 2.74 bits per heavy atom. The van der Waals surface area contributed by atoms with Gasteiger partial charge in [-0.05, 0) is 18.2 Å². The standard InChI is InChI=1S/C16H23N3O2S.ClH/c1-16(2,3)15-19-12-6-5-11(9-13(12)22-15)18-14(20)10-17-7-8-21-4;/h5-6,9,17H,7-8,10H2,1-4H3,(H,18,20);1H. The van der Waals surface area contributed by atoms with Crippen LogP contribution in [0.25, 0.3) is 10.2 Å². The van der Waals surface area contributed by atoms with Crippen LogP contribution in [0.4, 0.5) is 5.69 Å². The minimum Gasteiger partial charge on any atom is -0.383 e. The second-order valence-corrected chi connectivity index (χ2v) is 7.20. The van der Waals surface area contributed by atoms with Gasteiger partial charge in [-0.3, -0.25) is 4.79 Å². The summed E-state index contributed by atoms with van der Waals surface area (Å²) >= 11 is 1.68. The van der Waals surface area contributed by atoms with Crippen LogP contribution >= 0.6 is 23.7 Å². The van der Waals surface area contributed by atoms with Gasteiger partial charge >= 0.3 is 0 Å². The Morgan fingerprint density at radius 2 is 2.09 bits per heavy atom. The van der Waals surface area contributed by atoms with E-state index in [9.17, 15) is 4.79 Å². The molecule has 0 saturated carbocycles. The summed E-state index contributed by atoms with van der Waals surface area (Å²) in [6.45, 7) is 7.98. The fourth-order valence-corrected chi connectivity index (χ4v) is 2.97. The average molecular weight is 358 g/mol. The van der Waals surface area contributed by atoms with Crippen LogP contribution in [0, 0.1) is 0 Å². The van der Waals surface area contributed by atoms with Crippen molar-refractivity contribution in [3.63, 3.8) is 0 Å². The maximum Gasteiger partial charge on any atom is 0.238 e. The van der Waals surface area contributed by atoms with Gasteiger partial charge in [0.15, 0.2) is 0 Å². The van der Waals surface area contributed by atoms with Gasteiger partial charge in [0.1, 0.15) is 0 Å². The van der Waals surface area contributed by atoms with Gasteiger partial charge in [0.2, 0.25) is 5.91 Å². The van der Waals surface area contributed by atoms with Crippen LogP contribution in [0.3, 0.4) is 0 Å². The number of aromatic nitrogens is 1. The van der Waals surface area contributed by atoms with Crippen molar-refractivity contribution in [2.24, 2.45) is 0 Å². The highest BCUT2D eigenvalue weighted by molar-refractivity contribution is 7.18. The zero-order chi connectivity index (χ0) is 16.2. The fraction of sp³-hybridized carbons (Fsp3) is 0.500. The number of methoxy groups -OCH3 is 1. The lowest BCUT2D eigenvalue weighted by Crippen LogP contribution is -2.30. The number of hydrogen-bond donors (Lipinski definition) is 2. The summed E-state index contributed by atoms with van der Waals surface area (Å²) in [5.41, 5.74) is 1.82. The van der Waals surface area contributed by atoms with E-state index in [1.807, 2.05) is 18.2 Å². The molecule has 2 N–H and O–H groups in total. The number of carbonyl (C=O) groups is 1. The van der Waals surface area contributed by atoms with Crippen LogP contribution in [0.1, 0.15) is 25.8 Å². The molecule has 23 heavy (non-hydrogen) atoms. The number of nitrogens with one attached hydrogen (secondary N) is 2. The lowest BCUT2D eigenvalue weighted by atomic mass is 9.98. The molecule has 1 heterocycles. The molecule has 0 saturated heterocycles. The molecule has 1 amide bonds. The molecule has 7 heteroatoms. The fourth-order valence-electron chi connectivity index (χ4n) is 1.90. The van der Waals surface area contributed by atoms with Crippen molar-refractivity contribution in [1.82, 2.24) is 10.3 Å². The molecule has 0 bridgehead atoms. The number of thiazole rings is 1. The summed E-state index contributed by atoms with van der Waals surface area (Å²) in [6.07, 6.45) is 0. The molecule has 128 valence electrons. The molecule has 0 fully saturated rings. The molecule has 5 nitrogen and oxygen atoms in total. The van der Waals surface area contributed by atoms with Crippen molar-refractivity contribution in [3.05, 3.63) is 23.2 Å². The zero-order valence-corrected chi connectivity index (χ0v) is 15.6. The molecule has 0 atom stereocenters. The van der Waals surface area contributed by atoms with E-state index in [0.29, 0.717) is 13.2 Å². The van der Waals surface area contributed by atoms with E-state index in [1.54, 1.807) is 18.4 Å². The lowest BCUT2D eigenvalue weighted by Gasteiger charge is -2.13. The van der Waals surface area contributed by atoms with Crippen molar-refractivity contribution in [2.45, 2.75) is 26.2 Å². The number of anilines is 1. The quantitative estimate of drug-likeness (QED) is 0.779. The highest BCUT2D eigenvalue weighted by Crippen LogP contribution is 2.32. The highest BCUT2D eigenvalue weighted by atomic mass is 35.5. The maximum absolute atomic E-state index is 11.8. The van der Waals surface area contributed by atoms with E-state index in [-0.39, 0.29) is 30.3 Å². The molecule has 2 rings (SSSR count). The summed E-state index contributed by atoms with van der Waals surface area (Å²) < 4.78 is 6.01. The monoisotopic (exact) mass is 357 g/mol. The molecule has 0 aliphatic rings. The number of hydrogen-bond acceptors (Lipinski definition) is 5. The van der Waals surface area contributed by atoms with Crippen LogP contribution in [0.2, 0.25) is 0 Å². The SMILES string of the molecule is COCCNCC(=O)Nc1ccc2nc(C(C)(C)C)sc2c1.Cl. The number of halogens is 1. The summed E-state index contributed by atoms with van der Waals surface area (Å²) in [6, 6.07) is 5.83. The van der Waals surface area contributed by atoms with Gasteiger partial charge in [-0.1, -0.05) is 20.8 Å². The van der Waals surface area contributed by atoms with Gasteiger partial charge in [0, 0.05) is 24.8 Å². The third-order valence-electron chi connectivity index (χ3n) is 3.08. The summed E-state index contributed by atoms with van der Waals surface area (Å²) in [7, 11) is 1.64. The van der Waals surface area contributed by atoms with Gasteiger partial charge in [-0.25, -0.2) is 4.98 Å². The van der Waals surface area contributed by atoms with E-state index in [1.165, 1.54) is 0 Å². The molecule has 0 unspecified atom stereocenters. The number of fused-ring (bicyclic) bond motifs is 1. The molecular formula is C16H24ClN3O2S. The second kappa shape index (κ2) is 8.59. The van der Waals surface area contributed by atoms with Crippen molar-refractivity contribution in [3.8, 4) is 0 Å². The molecule has 2 aromatic rings. The van der Waals surface area contributed by atoms with E-state index >= 15 is 0 Å². The Morgan fingerprint density at radius 1 is 1.35 bits per heavy atom. The average Bonchev–Trinajstić information content (AvgIpc) is 2.87. The highest BCUT2D eigenvalue weighted by Gasteiger charge is 2.18. The topological polar surface area (TPSA) is 63.2 Å². The first-order valence-electron chi connectivity index (χ1n) is 7.31. The van der Waals surface area contributed by atoms with Gasteiger partial charge < -0.3 is 15.4 Å². The minimum atomic E-state index is -0.0592. The van der Waals surface area contributed by atoms with Crippen molar-refractivity contribution >= 4 is 45.6 Å². The Hall–Kier alpha value is -1.21. The van der Waals surface area contributed by atoms with Gasteiger partial charge in [-0.15, -0.1) is 23.7 Å². The number of carbonyl (C=O) groups excluding carboxylic acids is 1. The number of benzene rings is 1. The van der Waals surface area contributed by atoms with Crippen molar-refractivity contribution in [2.75, 3.05) is 32.1 Å². The zero-order valence-electron chi connectivity index (χ0n) is 13.9. The largest absolute Gasteiger partial charge is 0.383 e. The second-order valence-electron chi connectivity index (χ2n) is 6.17. The van der Waals surface area contributed by atoms with Crippen LogP contribution in [-0.4, -0.2) is 37.7 Å². The van der Waals surface area contributed by atoms with E-state index in [2.05, 4.69) is 36.4 Å². The Balaban J connectivity index is 0.00000264. The summed E-state index contributed by atoms with van der Waals surface area (Å²) in [4.78, 5) is 16.5. The summed E-state index contributed by atoms with van der Waals surface area (Å²) in [5, 5.41) is 7.02. The molecule has 0 spiro atoms. The summed E-state index contributed by atoms with van der Waals surface area (Å²) in [5.74, 6) is -0.0592. The molecule has 0 aliphatic carbocycles. The van der Waals surface area contributed by atoms with E-state index in [4.69, 9.17) is 4.74 Å².